The molecule has 0 heterocycles. The maximum Gasteiger partial charge on any atom is 0.259 e. The number of benzene rings is 2. The number of ether oxygens (including phenoxy) is 2. The molecule has 0 saturated carbocycles. The summed E-state index contributed by atoms with van der Waals surface area (Å²) in [5.41, 5.74) is 5.71. The van der Waals surface area contributed by atoms with E-state index >= 15 is 0 Å². The van der Waals surface area contributed by atoms with Crippen molar-refractivity contribution in [2.45, 2.75) is 33.1 Å². The molecule has 0 atom stereocenters. The van der Waals surface area contributed by atoms with E-state index in [1.807, 2.05) is 19.1 Å². The first-order valence-electron chi connectivity index (χ1n) is 9.60. The third-order valence-corrected chi connectivity index (χ3v) is 4.57. The van der Waals surface area contributed by atoms with Crippen molar-refractivity contribution in [3.63, 3.8) is 0 Å². The first-order valence-corrected chi connectivity index (χ1v) is 9.60. The SMILES string of the molecule is COc1ccc(C(=O)NCC(=O)N/N=C(\C)c2ccc(C(C)(C)C)cc2)cc1OC. The lowest BCUT2D eigenvalue weighted by Crippen LogP contribution is -2.35. The molecule has 0 aliphatic carbocycles. The highest BCUT2D eigenvalue weighted by Crippen LogP contribution is 2.27. The fraction of sp³-hybridized carbons (Fsp3) is 0.348. The molecule has 7 heteroatoms. The monoisotopic (exact) mass is 411 g/mol. The molecule has 2 rings (SSSR count). The largest absolute Gasteiger partial charge is 0.493 e. The lowest BCUT2D eigenvalue weighted by atomic mass is 9.86. The van der Waals surface area contributed by atoms with E-state index in [4.69, 9.17) is 9.47 Å². The van der Waals surface area contributed by atoms with Crippen molar-refractivity contribution in [3.05, 3.63) is 59.2 Å². The standard InChI is InChI=1S/C23H29N3O4/c1-15(16-7-10-18(11-8-16)23(2,3)4)25-26-21(27)14-24-22(28)17-9-12-19(29-5)20(13-17)30-6/h7-13H,14H2,1-6H3,(H,24,28)(H,26,27)/b25-15+. The number of hydrazone groups is 1. The number of hydrogen-bond donors (Lipinski definition) is 2. The summed E-state index contributed by atoms with van der Waals surface area (Å²) >= 11 is 0. The second-order valence-corrected chi connectivity index (χ2v) is 7.81. The van der Waals surface area contributed by atoms with E-state index in [0.29, 0.717) is 22.8 Å². The lowest BCUT2D eigenvalue weighted by Gasteiger charge is -2.19. The molecule has 2 aromatic carbocycles. The van der Waals surface area contributed by atoms with Crippen LogP contribution in [-0.2, 0) is 10.2 Å². The molecule has 0 aromatic heterocycles. The zero-order chi connectivity index (χ0) is 22.3. The summed E-state index contributed by atoms with van der Waals surface area (Å²) in [4.78, 5) is 24.3. The van der Waals surface area contributed by atoms with Crippen LogP contribution in [0.15, 0.2) is 47.6 Å². The fourth-order valence-corrected chi connectivity index (χ4v) is 2.70. The number of carbonyl (C=O) groups excluding carboxylic acids is 2. The van der Waals surface area contributed by atoms with Gasteiger partial charge in [0.1, 0.15) is 0 Å². The minimum Gasteiger partial charge on any atom is -0.493 e. The number of nitrogens with one attached hydrogen (secondary N) is 2. The van der Waals surface area contributed by atoms with Crippen molar-refractivity contribution in [2.24, 2.45) is 5.10 Å². The molecule has 0 bridgehead atoms. The van der Waals surface area contributed by atoms with Crippen LogP contribution in [0.1, 0.15) is 49.2 Å². The number of rotatable bonds is 7. The third kappa shape index (κ3) is 6.07. The summed E-state index contributed by atoms with van der Waals surface area (Å²) in [5.74, 6) is 0.138. The predicted octanol–water partition coefficient (Wildman–Crippen LogP) is 3.27. The number of carbonyl (C=O) groups is 2. The molecule has 0 spiro atoms. The molecule has 2 aromatic rings. The van der Waals surface area contributed by atoms with Gasteiger partial charge in [-0.3, -0.25) is 9.59 Å². The first kappa shape index (κ1) is 22.9. The molecule has 2 N–H and O–H groups in total. The maximum absolute atomic E-state index is 12.3. The third-order valence-electron chi connectivity index (χ3n) is 4.57. The Balaban J connectivity index is 1.92. The van der Waals surface area contributed by atoms with Gasteiger partial charge in [0, 0.05) is 5.56 Å². The number of hydrogen-bond acceptors (Lipinski definition) is 5. The number of amides is 2. The Kier molecular flexibility index (Phi) is 7.58. The second kappa shape index (κ2) is 9.91. The van der Waals surface area contributed by atoms with Crippen LogP contribution >= 0.6 is 0 Å². The Morgan fingerprint density at radius 1 is 0.933 bits per heavy atom. The van der Waals surface area contributed by atoms with Gasteiger partial charge in [-0.1, -0.05) is 45.0 Å². The van der Waals surface area contributed by atoms with Crippen molar-refractivity contribution in [2.75, 3.05) is 20.8 Å². The minimum absolute atomic E-state index is 0.0733. The average molecular weight is 412 g/mol. The molecule has 0 unspecified atom stereocenters. The van der Waals surface area contributed by atoms with Crippen molar-refractivity contribution < 1.29 is 19.1 Å². The highest BCUT2D eigenvalue weighted by Gasteiger charge is 2.14. The smallest absolute Gasteiger partial charge is 0.259 e. The van der Waals surface area contributed by atoms with Crippen molar-refractivity contribution in [3.8, 4) is 11.5 Å². The van der Waals surface area contributed by atoms with E-state index < -0.39 is 11.8 Å². The zero-order valence-corrected chi connectivity index (χ0v) is 18.3. The molecule has 30 heavy (non-hydrogen) atoms. The van der Waals surface area contributed by atoms with Gasteiger partial charge in [-0.25, -0.2) is 5.43 Å². The molecule has 7 nitrogen and oxygen atoms in total. The lowest BCUT2D eigenvalue weighted by molar-refractivity contribution is -0.120. The number of nitrogens with zero attached hydrogens (tertiary/aromatic N) is 1. The van der Waals surface area contributed by atoms with Gasteiger partial charge in [0.25, 0.3) is 11.8 Å². The van der Waals surface area contributed by atoms with Crippen LogP contribution < -0.4 is 20.2 Å². The predicted molar refractivity (Wildman–Crippen MR) is 117 cm³/mol. The highest BCUT2D eigenvalue weighted by atomic mass is 16.5. The van der Waals surface area contributed by atoms with Gasteiger partial charge in [-0.05, 0) is 41.7 Å². The molecule has 0 aliphatic rings. The summed E-state index contributed by atoms with van der Waals surface area (Å²) in [6.07, 6.45) is 0. The average Bonchev–Trinajstić information content (AvgIpc) is 2.74. The van der Waals surface area contributed by atoms with Crippen LogP contribution in [0.2, 0.25) is 0 Å². The van der Waals surface area contributed by atoms with Crippen LogP contribution in [0.25, 0.3) is 0 Å². The molecule has 2 amide bonds. The Hall–Kier alpha value is -3.35. The van der Waals surface area contributed by atoms with Gasteiger partial charge in [0.15, 0.2) is 11.5 Å². The van der Waals surface area contributed by atoms with E-state index in [9.17, 15) is 9.59 Å². The van der Waals surface area contributed by atoms with Crippen LogP contribution in [0.4, 0.5) is 0 Å². The molecule has 0 saturated heterocycles. The Morgan fingerprint density at radius 2 is 1.53 bits per heavy atom. The molecule has 160 valence electrons. The van der Waals surface area contributed by atoms with Crippen LogP contribution in [0, 0.1) is 0 Å². The maximum atomic E-state index is 12.3. The van der Waals surface area contributed by atoms with Gasteiger partial charge < -0.3 is 14.8 Å². The van der Waals surface area contributed by atoms with Crippen molar-refractivity contribution in [1.29, 1.82) is 0 Å². The van der Waals surface area contributed by atoms with Crippen molar-refractivity contribution in [1.82, 2.24) is 10.7 Å². The highest BCUT2D eigenvalue weighted by molar-refractivity contribution is 6.00. The van der Waals surface area contributed by atoms with Gasteiger partial charge >= 0.3 is 0 Å². The molecular formula is C23H29N3O4. The Morgan fingerprint density at radius 3 is 2.10 bits per heavy atom. The molecule has 0 aliphatic heterocycles. The summed E-state index contributed by atoms with van der Waals surface area (Å²) in [5, 5.41) is 6.67. The van der Waals surface area contributed by atoms with E-state index in [1.165, 1.54) is 19.8 Å². The van der Waals surface area contributed by atoms with Crippen LogP contribution in [0.5, 0.6) is 11.5 Å². The van der Waals surface area contributed by atoms with E-state index in [2.05, 4.69) is 48.7 Å². The minimum atomic E-state index is -0.422. The zero-order valence-electron chi connectivity index (χ0n) is 18.3. The first-order chi connectivity index (χ1) is 14.2. The van der Waals surface area contributed by atoms with Gasteiger partial charge in [-0.15, -0.1) is 0 Å². The van der Waals surface area contributed by atoms with Crippen LogP contribution in [-0.4, -0.2) is 38.3 Å². The van der Waals surface area contributed by atoms with Gasteiger partial charge in [0.2, 0.25) is 0 Å². The molecule has 0 fully saturated rings. The number of methoxy groups -OCH3 is 2. The van der Waals surface area contributed by atoms with Gasteiger partial charge in [0.05, 0.1) is 26.5 Å². The normalized spacial score (nSPS) is 11.6. The quantitative estimate of drug-likeness (QED) is 0.541. The van der Waals surface area contributed by atoms with E-state index in [-0.39, 0.29) is 12.0 Å². The summed E-state index contributed by atoms with van der Waals surface area (Å²) < 4.78 is 10.3. The fourth-order valence-electron chi connectivity index (χ4n) is 2.70. The summed E-state index contributed by atoms with van der Waals surface area (Å²) in [6.45, 7) is 8.07. The Bertz CT molecular complexity index is 928. The Labute approximate surface area is 177 Å². The summed E-state index contributed by atoms with van der Waals surface area (Å²) in [6, 6.07) is 12.8. The van der Waals surface area contributed by atoms with Gasteiger partial charge in [-0.2, -0.15) is 5.10 Å². The van der Waals surface area contributed by atoms with Crippen LogP contribution in [0.3, 0.4) is 0 Å². The van der Waals surface area contributed by atoms with E-state index in [0.717, 1.165) is 5.56 Å². The topological polar surface area (TPSA) is 89.0 Å². The molecule has 0 radical (unpaired) electrons. The summed E-state index contributed by atoms with van der Waals surface area (Å²) in [7, 11) is 3.01. The second-order valence-electron chi connectivity index (χ2n) is 7.81. The molecular weight excluding hydrogens is 382 g/mol. The van der Waals surface area contributed by atoms with E-state index in [1.54, 1.807) is 18.2 Å². The van der Waals surface area contributed by atoms with Crippen molar-refractivity contribution >= 4 is 17.5 Å².